The van der Waals surface area contributed by atoms with Crippen LogP contribution in [0.1, 0.15) is 32.3 Å². The summed E-state index contributed by atoms with van der Waals surface area (Å²) in [6.45, 7) is 5.71. The highest BCUT2D eigenvalue weighted by Crippen LogP contribution is 2.35. The normalized spacial score (nSPS) is 17.2. The molecule has 1 fully saturated rings. The van der Waals surface area contributed by atoms with Gasteiger partial charge in [0, 0.05) is 35.3 Å². The number of hydrogen-bond acceptors (Lipinski definition) is 7. The molecule has 7 nitrogen and oxygen atoms in total. The van der Waals surface area contributed by atoms with Crippen LogP contribution in [0.2, 0.25) is 0 Å². The van der Waals surface area contributed by atoms with Crippen LogP contribution in [-0.2, 0) is 14.3 Å². The van der Waals surface area contributed by atoms with Crippen molar-refractivity contribution < 1.29 is 14.3 Å². The maximum Gasteiger partial charge on any atom is 0.309 e. The standard InChI is InChI=1S/C29H30N4O3S2/c1-3-36-28(35)21-14-16-32(17-15-21)29-30-27(34)25(38-29)18-22-19-33(23-8-6-5-7-9-23)31-26(22)20-10-12-24(13-11-20)37-4-2/h5-13,18-19,21H,3-4,14-17H2,1-2H3. The number of amidine groups is 1. The second kappa shape index (κ2) is 12.0. The average molecular weight is 547 g/mol. The number of aliphatic imine (C=N–C) groups is 1. The van der Waals surface area contributed by atoms with Gasteiger partial charge in [0.05, 0.1) is 28.8 Å². The fourth-order valence-corrected chi connectivity index (χ4v) is 6.16. The van der Waals surface area contributed by atoms with Gasteiger partial charge in [0.25, 0.3) is 5.91 Å². The summed E-state index contributed by atoms with van der Waals surface area (Å²) in [5.74, 6) is 0.554. The summed E-state index contributed by atoms with van der Waals surface area (Å²) in [5, 5.41) is 5.59. The summed E-state index contributed by atoms with van der Waals surface area (Å²) in [5.41, 5.74) is 3.61. The van der Waals surface area contributed by atoms with Gasteiger partial charge in [-0.25, -0.2) is 4.68 Å². The lowest BCUT2D eigenvalue weighted by Crippen LogP contribution is -2.39. The number of nitrogens with zero attached hydrogens (tertiary/aromatic N) is 4. The molecule has 0 saturated carbocycles. The first-order chi connectivity index (χ1) is 18.6. The van der Waals surface area contributed by atoms with Gasteiger partial charge in [0.15, 0.2) is 5.17 Å². The number of benzene rings is 2. The van der Waals surface area contributed by atoms with E-state index in [0.717, 1.165) is 28.3 Å². The zero-order valence-electron chi connectivity index (χ0n) is 21.5. The summed E-state index contributed by atoms with van der Waals surface area (Å²) in [6, 6.07) is 18.3. The van der Waals surface area contributed by atoms with Crippen LogP contribution in [0.4, 0.5) is 0 Å². The van der Waals surface area contributed by atoms with E-state index in [0.29, 0.717) is 42.6 Å². The van der Waals surface area contributed by atoms with Crippen LogP contribution in [0.25, 0.3) is 23.0 Å². The number of amides is 1. The second-order valence-electron chi connectivity index (χ2n) is 8.99. The van der Waals surface area contributed by atoms with Crippen molar-refractivity contribution in [2.75, 3.05) is 25.4 Å². The molecule has 1 amide bonds. The highest BCUT2D eigenvalue weighted by Gasteiger charge is 2.32. The Labute approximate surface area is 231 Å². The minimum absolute atomic E-state index is 0.0857. The van der Waals surface area contributed by atoms with Crippen LogP contribution < -0.4 is 0 Å². The van der Waals surface area contributed by atoms with Crippen molar-refractivity contribution in [3.8, 4) is 16.9 Å². The maximum atomic E-state index is 12.9. The number of likely N-dealkylation sites (tertiary alicyclic amines) is 1. The molecule has 0 N–H and O–H groups in total. The third-order valence-corrected chi connectivity index (χ3v) is 8.42. The van der Waals surface area contributed by atoms with Crippen LogP contribution in [0.3, 0.4) is 0 Å². The lowest BCUT2D eigenvalue weighted by Gasteiger charge is -2.31. The Balaban J connectivity index is 1.38. The van der Waals surface area contributed by atoms with Gasteiger partial charge in [-0.1, -0.05) is 37.3 Å². The topological polar surface area (TPSA) is 76.8 Å². The molecule has 2 aromatic carbocycles. The number of carbonyl (C=O) groups excluding carboxylic acids is 2. The predicted octanol–water partition coefficient (Wildman–Crippen LogP) is 5.90. The molecule has 196 valence electrons. The molecular weight excluding hydrogens is 516 g/mol. The first-order valence-corrected chi connectivity index (χ1v) is 14.7. The first kappa shape index (κ1) is 26.3. The summed E-state index contributed by atoms with van der Waals surface area (Å²) in [7, 11) is 0. The Morgan fingerprint density at radius 1 is 1.11 bits per heavy atom. The quantitative estimate of drug-likeness (QED) is 0.208. The SMILES string of the molecule is CCOC(=O)C1CCN(C2=NC(=O)C(=Cc3cn(-c4ccccc4)nc3-c3ccc(SCC)cc3)S2)CC1. The van der Waals surface area contributed by atoms with E-state index in [-0.39, 0.29) is 17.8 Å². The van der Waals surface area contributed by atoms with E-state index in [1.165, 1.54) is 16.7 Å². The molecule has 5 rings (SSSR count). The largest absolute Gasteiger partial charge is 0.466 e. The smallest absolute Gasteiger partial charge is 0.309 e. The van der Waals surface area contributed by atoms with Gasteiger partial charge < -0.3 is 9.64 Å². The van der Waals surface area contributed by atoms with Crippen molar-refractivity contribution in [3.05, 3.63) is 71.3 Å². The van der Waals surface area contributed by atoms with Gasteiger partial charge in [-0.05, 0) is 67.6 Å². The number of aromatic nitrogens is 2. The molecule has 3 aromatic rings. The van der Waals surface area contributed by atoms with Crippen LogP contribution in [0.15, 0.2) is 75.6 Å². The Bertz CT molecular complexity index is 1360. The highest BCUT2D eigenvalue weighted by atomic mass is 32.2. The van der Waals surface area contributed by atoms with Gasteiger partial charge in [0.1, 0.15) is 0 Å². The van der Waals surface area contributed by atoms with Crippen molar-refractivity contribution >= 4 is 46.6 Å². The predicted molar refractivity (Wildman–Crippen MR) is 154 cm³/mol. The van der Waals surface area contributed by atoms with E-state index in [9.17, 15) is 9.59 Å². The third-order valence-electron chi connectivity index (χ3n) is 6.48. The lowest BCUT2D eigenvalue weighted by atomic mass is 9.97. The Morgan fingerprint density at radius 3 is 2.53 bits per heavy atom. The van der Waals surface area contributed by atoms with Crippen LogP contribution >= 0.6 is 23.5 Å². The number of thioether (sulfide) groups is 2. The summed E-state index contributed by atoms with van der Waals surface area (Å²) >= 11 is 3.19. The van der Waals surface area contributed by atoms with E-state index >= 15 is 0 Å². The fraction of sp³-hybridized carbons (Fsp3) is 0.310. The molecule has 3 heterocycles. The Morgan fingerprint density at radius 2 is 1.84 bits per heavy atom. The molecule has 2 aliphatic rings. The van der Waals surface area contributed by atoms with Gasteiger partial charge >= 0.3 is 5.97 Å². The number of hydrogen-bond donors (Lipinski definition) is 0. The van der Waals surface area contributed by atoms with E-state index in [1.54, 1.807) is 11.8 Å². The molecule has 0 atom stereocenters. The molecule has 0 radical (unpaired) electrons. The highest BCUT2D eigenvalue weighted by molar-refractivity contribution is 8.18. The van der Waals surface area contributed by atoms with Crippen LogP contribution in [-0.4, -0.2) is 57.2 Å². The summed E-state index contributed by atoms with van der Waals surface area (Å²) in [4.78, 5) is 33.2. The Hall–Kier alpha value is -3.30. The zero-order chi connectivity index (χ0) is 26.5. The average Bonchev–Trinajstić information content (AvgIpc) is 3.54. The molecular formula is C29H30N4O3S2. The summed E-state index contributed by atoms with van der Waals surface area (Å²) < 4.78 is 7.03. The number of piperidine rings is 1. The van der Waals surface area contributed by atoms with Crippen molar-refractivity contribution in [1.82, 2.24) is 14.7 Å². The Kier molecular flexibility index (Phi) is 8.34. The number of para-hydroxylation sites is 1. The minimum Gasteiger partial charge on any atom is -0.466 e. The number of esters is 1. The summed E-state index contributed by atoms with van der Waals surface area (Å²) in [6.07, 6.45) is 5.26. The van der Waals surface area contributed by atoms with Crippen molar-refractivity contribution in [3.63, 3.8) is 0 Å². The molecule has 0 aliphatic carbocycles. The lowest BCUT2D eigenvalue weighted by molar-refractivity contribution is -0.149. The molecule has 1 aromatic heterocycles. The first-order valence-electron chi connectivity index (χ1n) is 12.9. The van der Waals surface area contributed by atoms with E-state index < -0.39 is 0 Å². The van der Waals surface area contributed by atoms with Gasteiger partial charge in [-0.2, -0.15) is 10.1 Å². The van der Waals surface area contributed by atoms with E-state index in [2.05, 4.69) is 41.1 Å². The minimum atomic E-state index is -0.245. The molecule has 9 heteroatoms. The van der Waals surface area contributed by atoms with Crippen molar-refractivity contribution in [1.29, 1.82) is 0 Å². The monoisotopic (exact) mass is 546 g/mol. The fourth-order valence-electron chi connectivity index (χ4n) is 4.55. The molecule has 2 aliphatic heterocycles. The second-order valence-corrected chi connectivity index (χ2v) is 11.3. The third kappa shape index (κ3) is 5.89. The van der Waals surface area contributed by atoms with Gasteiger partial charge in [-0.3, -0.25) is 9.59 Å². The van der Waals surface area contributed by atoms with E-state index in [4.69, 9.17) is 9.84 Å². The van der Waals surface area contributed by atoms with Crippen LogP contribution in [0, 0.1) is 5.92 Å². The van der Waals surface area contributed by atoms with Crippen molar-refractivity contribution in [2.45, 2.75) is 31.6 Å². The molecule has 0 spiro atoms. The maximum absolute atomic E-state index is 12.9. The van der Waals surface area contributed by atoms with Gasteiger partial charge in [-0.15, -0.1) is 11.8 Å². The zero-order valence-corrected chi connectivity index (χ0v) is 23.1. The van der Waals surface area contributed by atoms with E-state index in [1.807, 2.05) is 54.2 Å². The molecule has 0 bridgehead atoms. The number of rotatable bonds is 7. The number of carbonyl (C=O) groups is 2. The van der Waals surface area contributed by atoms with Gasteiger partial charge in [0.2, 0.25) is 0 Å². The van der Waals surface area contributed by atoms with Crippen molar-refractivity contribution in [2.24, 2.45) is 10.9 Å². The molecule has 38 heavy (non-hydrogen) atoms. The molecule has 1 saturated heterocycles. The van der Waals surface area contributed by atoms with Crippen LogP contribution in [0.5, 0.6) is 0 Å². The molecule has 0 unspecified atom stereocenters. The number of ether oxygens (including phenoxy) is 1.